The van der Waals surface area contributed by atoms with Crippen LogP contribution in [0.3, 0.4) is 0 Å². The minimum absolute atomic E-state index is 0.137. The highest BCUT2D eigenvalue weighted by Gasteiger charge is 2.43. The number of Topliss-reactive ketones (excluding diaryl/α,β-unsaturated/α-hetero) is 1. The van der Waals surface area contributed by atoms with Crippen LogP contribution in [0, 0.1) is 5.92 Å². The van der Waals surface area contributed by atoms with Gasteiger partial charge >= 0.3 is 0 Å². The van der Waals surface area contributed by atoms with Crippen molar-refractivity contribution in [2.75, 3.05) is 6.54 Å². The lowest BCUT2D eigenvalue weighted by molar-refractivity contribution is -0.120. The molecule has 1 aliphatic rings. The van der Waals surface area contributed by atoms with Crippen LogP contribution in [-0.2, 0) is 19.4 Å². The number of hydrogen-bond acceptors (Lipinski definition) is 5. The van der Waals surface area contributed by atoms with Gasteiger partial charge in [-0.3, -0.25) is 4.79 Å². The van der Waals surface area contributed by atoms with Crippen molar-refractivity contribution in [3.05, 3.63) is 30.3 Å². The molecule has 1 saturated heterocycles. The molecule has 124 valence electrons. The summed E-state index contributed by atoms with van der Waals surface area (Å²) in [5.74, 6) is -0.666. The van der Waals surface area contributed by atoms with Gasteiger partial charge in [0, 0.05) is 6.54 Å². The van der Waals surface area contributed by atoms with Gasteiger partial charge in [0.25, 0.3) is 0 Å². The zero-order valence-corrected chi connectivity index (χ0v) is 14.6. The smallest absolute Gasteiger partial charge is 0.183 e. The number of rotatable bonds is 5. The topological polar surface area (TPSA) is 71.5 Å². The minimum Gasteiger partial charge on any atom is -0.354 e. The van der Waals surface area contributed by atoms with Gasteiger partial charge in [-0.1, -0.05) is 30.4 Å². The van der Waals surface area contributed by atoms with Gasteiger partial charge in [-0.15, -0.1) is 0 Å². The van der Waals surface area contributed by atoms with Crippen LogP contribution < -0.4 is 0 Å². The van der Waals surface area contributed by atoms with Crippen LogP contribution in [0.5, 0.6) is 0 Å². The van der Waals surface area contributed by atoms with E-state index >= 15 is 0 Å². The standard InChI is InChI=1S/C16H19NO4S2/c1-11(10-18)16(22)17-9-14(8-15(17)12(2)19)23(20,21)13-6-4-3-5-7-13/h3-7,10-11,14-15H,8-9H2,1-2H3/t11?,14-,15+/m1/s1. The fraction of sp³-hybridized carbons (Fsp3) is 0.438. The third-order valence-corrected chi connectivity index (χ3v) is 6.87. The van der Waals surface area contributed by atoms with Gasteiger partial charge in [0.1, 0.15) is 6.29 Å². The minimum atomic E-state index is -3.55. The first-order chi connectivity index (χ1) is 10.8. The predicted molar refractivity (Wildman–Crippen MR) is 91.0 cm³/mol. The summed E-state index contributed by atoms with van der Waals surface area (Å²) in [7, 11) is -3.55. The lowest BCUT2D eigenvalue weighted by Crippen LogP contribution is -2.42. The van der Waals surface area contributed by atoms with Crippen molar-refractivity contribution in [3.63, 3.8) is 0 Å². The molecule has 0 saturated carbocycles. The zero-order chi connectivity index (χ0) is 17.2. The number of benzene rings is 1. The number of sulfone groups is 1. The molecule has 1 aromatic rings. The summed E-state index contributed by atoms with van der Waals surface area (Å²) >= 11 is 5.27. The number of ketones is 1. The molecular weight excluding hydrogens is 334 g/mol. The summed E-state index contributed by atoms with van der Waals surface area (Å²) in [6.45, 7) is 3.20. The SMILES string of the molecule is CC(=O)[C@@H]1C[C@@H](S(=O)(=O)c2ccccc2)CN1C(=S)C(C)C=O. The first-order valence-electron chi connectivity index (χ1n) is 7.34. The molecule has 0 aliphatic carbocycles. The molecule has 1 unspecified atom stereocenters. The van der Waals surface area contributed by atoms with E-state index in [9.17, 15) is 18.0 Å². The zero-order valence-electron chi connectivity index (χ0n) is 13.0. The highest BCUT2D eigenvalue weighted by atomic mass is 32.2. The van der Waals surface area contributed by atoms with Crippen molar-refractivity contribution in [2.24, 2.45) is 5.92 Å². The quantitative estimate of drug-likeness (QED) is 0.592. The maximum Gasteiger partial charge on any atom is 0.183 e. The Hall–Kier alpha value is -1.60. The Morgan fingerprint density at radius 1 is 1.35 bits per heavy atom. The van der Waals surface area contributed by atoms with Crippen LogP contribution in [0.1, 0.15) is 20.3 Å². The van der Waals surface area contributed by atoms with Gasteiger partial charge in [0.15, 0.2) is 15.6 Å². The maximum atomic E-state index is 12.8. The molecule has 0 amide bonds. The van der Waals surface area contributed by atoms with Crippen molar-refractivity contribution in [1.82, 2.24) is 4.90 Å². The molecule has 1 aromatic carbocycles. The van der Waals surface area contributed by atoms with Gasteiger partial charge in [-0.05, 0) is 32.4 Å². The van der Waals surface area contributed by atoms with E-state index in [0.29, 0.717) is 11.3 Å². The van der Waals surface area contributed by atoms with E-state index in [1.165, 1.54) is 6.92 Å². The molecule has 5 nitrogen and oxygen atoms in total. The van der Waals surface area contributed by atoms with Crippen LogP contribution in [0.4, 0.5) is 0 Å². The van der Waals surface area contributed by atoms with Crippen LogP contribution >= 0.6 is 12.2 Å². The number of likely N-dealkylation sites (tertiary alicyclic amines) is 1. The fourth-order valence-corrected chi connectivity index (χ4v) is 4.74. The average molecular weight is 353 g/mol. The summed E-state index contributed by atoms with van der Waals surface area (Å²) in [5, 5.41) is -0.712. The largest absolute Gasteiger partial charge is 0.354 e. The van der Waals surface area contributed by atoms with Gasteiger partial charge in [-0.2, -0.15) is 0 Å². The van der Waals surface area contributed by atoms with Gasteiger partial charge in [0.05, 0.1) is 27.1 Å². The summed E-state index contributed by atoms with van der Waals surface area (Å²) in [5.41, 5.74) is 0. The third kappa shape index (κ3) is 3.50. The van der Waals surface area contributed by atoms with Gasteiger partial charge in [0.2, 0.25) is 0 Å². The Labute approximate surface area is 141 Å². The molecule has 0 N–H and O–H groups in total. The highest BCUT2D eigenvalue weighted by molar-refractivity contribution is 7.92. The molecule has 3 atom stereocenters. The van der Waals surface area contributed by atoms with Crippen molar-refractivity contribution < 1.29 is 18.0 Å². The summed E-state index contributed by atoms with van der Waals surface area (Å²) in [6.07, 6.45) is 0.900. The van der Waals surface area contributed by atoms with Crippen molar-refractivity contribution in [1.29, 1.82) is 0 Å². The van der Waals surface area contributed by atoms with E-state index in [-0.39, 0.29) is 23.6 Å². The summed E-state index contributed by atoms with van der Waals surface area (Å²) in [4.78, 5) is 25.0. The van der Waals surface area contributed by atoms with Gasteiger partial charge < -0.3 is 9.69 Å². The molecule has 23 heavy (non-hydrogen) atoms. The van der Waals surface area contributed by atoms with Crippen molar-refractivity contribution >= 4 is 39.1 Å². The van der Waals surface area contributed by atoms with E-state index < -0.39 is 27.0 Å². The second kappa shape index (κ2) is 6.88. The monoisotopic (exact) mass is 353 g/mol. The number of carbonyl (C=O) groups is 2. The third-order valence-electron chi connectivity index (χ3n) is 4.12. The predicted octanol–water partition coefficient (Wildman–Crippen LogP) is 1.65. The van der Waals surface area contributed by atoms with Crippen LogP contribution in [0.15, 0.2) is 35.2 Å². The lowest BCUT2D eigenvalue weighted by atomic mass is 10.1. The number of hydrogen-bond donors (Lipinski definition) is 0. The average Bonchev–Trinajstić information content (AvgIpc) is 3.00. The van der Waals surface area contributed by atoms with E-state index in [1.807, 2.05) is 0 Å². The normalized spacial score (nSPS) is 22.6. The number of carbonyl (C=O) groups excluding carboxylic acids is 2. The molecule has 0 spiro atoms. The molecule has 7 heteroatoms. The maximum absolute atomic E-state index is 12.8. The highest BCUT2D eigenvalue weighted by Crippen LogP contribution is 2.29. The van der Waals surface area contributed by atoms with Crippen LogP contribution in [-0.4, -0.2) is 48.2 Å². The Morgan fingerprint density at radius 2 is 1.96 bits per heavy atom. The van der Waals surface area contributed by atoms with Crippen LogP contribution in [0.25, 0.3) is 0 Å². The van der Waals surface area contributed by atoms with E-state index in [4.69, 9.17) is 12.2 Å². The molecule has 1 heterocycles. The van der Waals surface area contributed by atoms with Crippen molar-refractivity contribution in [2.45, 2.75) is 36.5 Å². The first-order valence-corrected chi connectivity index (χ1v) is 9.29. The van der Waals surface area contributed by atoms with E-state index in [1.54, 1.807) is 42.2 Å². The number of aldehydes is 1. The number of nitrogens with zero attached hydrogens (tertiary/aromatic N) is 1. The second-order valence-electron chi connectivity index (χ2n) is 5.76. The van der Waals surface area contributed by atoms with Crippen LogP contribution in [0.2, 0.25) is 0 Å². The molecule has 2 rings (SSSR count). The molecule has 1 aliphatic heterocycles. The summed E-state index contributed by atoms with van der Waals surface area (Å²) < 4.78 is 25.5. The molecule has 0 bridgehead atoms. The second-order valence-corrected chi connectivity index (χ2v) is 8.40. The first kappa shape index (κ1) is 17.7. The lowest BCUT2D eigenvalue weighted by Gasteiger charge is -2.26. The molecule has 0 radical (unpaired) electrons. The molecule has 1 fully saturated rings. The fourth-order valence-electron chi connectivity index (χ4n) is 2.77. The van der Waals surface area contributed by atoms with E-state index in [2.05, 4.69) is 0 Å². The van der Waals surface area contributed by atoms with Crippen molar-refractivity contribution in [3.8, 4) is 0 Å². The van der Waals surface area contributed by atoms with Gasteiger partial charge in [-0.25, -0.2) is 8.42 Å². The Balaban J connectivity index is 2.32. The number of thiocarbonyl (C=S) groups is 1. The summed E-state index contributed by atoms with van der Waals surface area (Å²) in [6, 6.07) is 7.59. The Kier molecular flexibility index (Phi) is 5.31. The van der Waals surface area contributed by atoms with E-state index in [0.717, 1.165) is 0 Å². The molecule has 0 aromatic heterocycles. The Morgan fingerprint density at radius 3 is 2.48 bits per heavy atom. The Bertz CT molecular complexity index is 715. The molecular formula is C16H19NO4S2.